The molecule has 9 heteroatoms. The van der Waals surface area contributed by atoms with Gasteiger partial charge in [0.05, 0.1) is 10.9 Å². The fourth-order valence-corrected chi connectivity index (χ4v) is 5.77. The third-order valence-electron chi connectivity index (χ3n) is 7.47. The van der Waals surface area contributed by atoms with Gasteiger partial charge in [-0.1, -0.05) is 12.8 Å². The van der Waals surface area contributed by atoms with Gasteiger partial charge in [-0.25, -0.2) is 0 Å². The Hall–Kier alpha value is -2.39. The number of nitrogens with one attached hydrogen (secondary N) is 1. The van der Waals surface area contributed by atoms with Crippen LogP contribution in [0.1, 0.15) is 57.8 Å². The number of H-pyrrole nitrogens is 1. The lowest BCUT2D eigenvalue weighted by Crippen LogP contribution is -2.48. The van der Waals surface area contributed by atoms with Gasteiger partial charge >= 0.3 is 0 Å². The predicted molar refractivity (Wildman–Crippen MR) is 133 cm³/mol. The lowest BCUT2D eigenvalue weighted by molar-refractivity contribution is -0.133. The summed E-state index contributed by atoms with van der Waals surface area (Å²) >= 11 is 5.43. The summed E-state index contributed by atoms with van der Waals surface area (Å²) in [6, 6.07) is 4.14. The van der Waals surface area contributed by atoms with Gasteiger partial charge in [0, 0.05) is 38.2 Å². The largest absolute Gasteiger partial charge is 0.454 e. The predicted octanol–water partition coefficient (Wildman–Crippen LogP) is 3.83. The zero-order valence-electron chi connectivity index (χ0n) is 19.7. The van der Waals surface area contributed by atoms with Crippen LogP contribution in [0.25, 0.3) is 10.9 Å². The molecule has 4 heterocycles. The maximum absolute atomic E-state index is 13.0. The maximum atomic E-state index is 13.0. The Bertz CT molecular complexity index is 1150. The highest BCUT2D eigenvalue weighted by Gasteiger charge is 2.27. The van der Waals surface area contributed by atoms with E-state index >= 15 is 0 Å². The Balaban J connectivity index is 1.08. The quantitative estimate of drug-likeness (QED) is 0.473. The second kappa shape index (κ2) is 10.5. The highest BCUT2D eigenvalue weighted by Crippen LogP contribution is 2.34. The van der Waals surface area contributed by atoms with E-state index in [9.17, 15) is 9.59 Å². The van der Waals surface area contributed by atoms with Gasteiger partial charge in [0.15, 0.2) is 16.3 Å². The molecule has 1 aromatic heterocycles. The number of likely N-dealkylation sites (tertiary alicyclic amines) is 2. The summed E-state index contributed by atoms with van der Waals surface area (Å²) in [5.74, 6) is 1.48. The minimum atomic E-state index is -0.121. The van der Waals surface area contributed by atoms with Crippen molar-refractivity contribution in [1.82, 2.24) is 19.4 Å². The van der Waals surface area contributed by atoms with E-state index in [1.807, 2.05) is 0 Å². The summed E-state index contributed by atoms with van der Waals surface area (Å²) in [5.41, 5.74) is 0.537. The molecule has 0 spiro atoms. The van der Waals surface area contributed by atoms with Crippen molar-refractivity contribution in [3.05, 3.63) is 27.3 Å². The Morgan fingerprint density at radius 3 is 2.50 bits per heavy atom. The Kier molecular flexibility index (Phi) is 7.20. The second-order valence-corrected chi connectivity index (χ2v) is 10.0. The average Bonchev–Trinajstić information content (AvgIpc) is 3.32. The van der Waals surface area contributed by atoms with Crippen molar-refractivity contribution >= 4 is 29.0 Å². The zero-order valence-corrected chi connectivity index (χ0v) is 20.5. The highest BCUT2D eigenvalue weighted by atomic mass is 32.1. The molecule has 0 saturated carbocycles. The number of ether oxygens (including phenoxy) is 2. The van der Waals surface area contributed by atoms with E-state index < -0.39 is 0 Å². The van der Waals surface area contributed by atoms with Gasteiger partial charge in [0.25, 0.3) is 5.56 Å². The van der Waals surface area contributed by atoms with Gasteiger partial charge < -0.3 is 24.3 Å². The number of piperidine rings is 2. The van der Waals surface area contributed by atoms with Gasteiger partial charge in [-0.05, 0) is 69.9 Å². The maximum Gasteiger partial charge on any atom is 0.262 e. The molecule has 0 aliphatic carbocycles. The Morgan fingerprint density at radius 2 is 1.74 bits per heavy atom. The van der Waals surface area contributed by atoms with Crippen LogP contribution in [0.2, 0.25) is 0 Å². The molecule has 0 atom stereocenters. The van der Waals surface area contributed by atoms with Crippen LogP contribution in [0, 0.1) is 4.77 Å². The molecule has 3 aliphatic heterocycles. The summed E-state index contributed by atoms with van der Waals surface area (Å²) in [7, 11) is 0. The van der Waals surface area contributed by atoms with Crippen LogP contribution in [0.4, 0.5) is 0 Å². The molecule has 0 bridgehead atoms. The molecule has 2 saturated heterocycles. The summed E-state index contributed by atoms with van der Waals surface area (Å²) in [6.45, 7) is 4.93. The molecule has 2 aromatic rings. The number of carbonyl (C=O) groups excluding carboxylic acids is 1. The molecule has 5 rings (SSSR count). The number of rotatable bonds is 7. The number of aromatic amines is 1. The standard InChI is InChI=1S/C25H34N4O4S/c30-23(28-13-8-18(9-14-28)27-10-4-2-5-11-27)7-3-1-6-12-29-24(31)19-15-21-22(33-17-32-21)16-20(19)26-25(29)34/h15-16,18H,1-14,17H2,(H,26,34). The van der Waals surface area contributed by atoms with Crippen LogP contribution in [0.5, 0.6) is 11.5 Å². The summed E-state index contributed by atoms with van der Waals surface area (Å²) in [5, 5.41) is 0.543. The van der Waals surface area contributed by atoms with E-state index in [0.29, 0.717) is 46.2 Å². The number of amides is 1. The number of nitrogens with zero attached hydrogens (tertiary/aromatic N) is 3. The van der Waals surface area contributed by atoms with E-state index in [2.05, 4.69) is 14.8 Å². The smallest absolute Gasteiger partial charge is 0.262 e. The molecule has 2 fully saturated rings. The Labute approximate surface area is 204 Å². The molecule has 184 valence electrons. The number of aromatic nitrogens is 2. The van der Waals surface area contributed by atoms with Crippen LogP contribution in [-0.4, -0.2) is 64.3 Å². The van der Waals surface area contributed by atoms with Crippen LogP contribution in [-0.2, 0) is 11.3 Å². The summed E-state index contributed by atoms with van der Waals surface area (Å²) < 4.78 is 12.8. The number of hydrogen-bond donors (Lipinski definition) is 1. The number of hydrogen-bond acceptors (Lipinski definition) is 6. The zero-order chi connectivity index (χ0) is 23.5. The topological polar surface area (TPSA) is 79.8 Å². The minimum Gasteiger partial charge on any atom is -0.454 e. The third kappa shape index (κ3) is 5.00. The molecule has 1 amide bonds. The second-order valence-electron chi connectivity index (χ2n) is 9.66. The summed E-state index contributed by atoms with van der Waals surface area (Å²) in [4.78, 5) is 33.5. The van der Waals surface area contributed by atoms with Crippen molar-refractivity contribution in [1.29, 1.82) is 0 Å². The van der Waals surface area contributed by atoms with Crippen molar-refractivity contribution < 1.29 is 14.3 Å². The first-order valence-corrected chi connectivity index (χ1v) is 13.1. The van der Waals surface area contributed by atoms with Gasteiger partial charge in [-0.15, -0.1) is 0 Å². The molecular formula is C25H34N4O4S. The number of carbonyl (C=O) groups is 1. The van der Waals surface area contributed by atoms with Gasteiger partial charge in [0.2, 0.25) is 12.7 Å². The van der Waals surface area contributed by atoms with E-state index in [-0.39, 0.29) is 18.3 Å². The van der Waals surface area contributed by atoms with E-state index in [1.165, 1.54) is 32.4 Å². The molecular weight excluding hydrogens is 452 g/mol. The van der Waals surface area contributed by atoms with E-state index in [0.717, 1.165) is 45.2 Å². The fourth-order valence-electron chi connectivity index (χ4n) is 5.49. The molecule has 3 aliphatic rings. The van der Waals surface area contributed by atoms with Crippen molar-refractivity contribution in [2.45, 2.75) is 70.4 Å². The van der Waals surface area contributed by atoms with Crippen LogP contribution in [0.3, 0.4) is 0 Å². The molecule has 1 N–H and O–H groups in total. The van der Waals surface area contributed by atoms with Gasteiger partial charge in [-0.2, -0.15) is 0 Å². The fraction of sp³-hybridized carbons (Fsp3) is 0.640. The van der Waals surface area contributed by atoms with Crippen molar-refractivity contribution in [3.63, 3.8) is 0 Å². The minimum absolute atomic E-state index is 0.121. The SMILES string of the molecule is O=C(CCCCCn1c(=S)[nH]c2cc3c(cc2c1=O)OCO3)N1CCC(N2CCCCC2)CC1. The van der Waals surface area contributed by atoms with Crippen molar-refractivity contribution in [2.75, 3.05) is 33.0 Å². The summed E-state index contributed by atoms with van der Waals surface area (Å²) in [6.07, 6.45) is 9.32. The van der Waals surface area contributed by atoms with Crippen LogP contribution in [0.15, 0.2) is 16.9 Å². The first kappa shape index (κ1) is 23.4. The van der Waals surface area contributed by atoms with Crippen LogP contribution >= 0.6 is 12.2 Å². The van der Waals surface area contributed by atoms with Gasteiger partial charge in [0.1, 0.15) is 0 Å². The first-order chi connectivity index (χ1) is 16.6. The lowest BCUT2D eigenvalue weighted by Gasteiger charge is -2.40. The third-order valence-corrected chi connectivity index (χ3v) is 7.79. The molecule has 34 heavy (non-hydrogen) atoms. The van der Waals surface area contributed by atoms with E-state index in [1.54, 1.807) is 16.7 Å². The molecule has 8 nitrogen and oxygen atoms in total. The highest BCUT2D eigenvalue weighted by molar-refractivity contribution is 7.71. The number of benzene rings is 1. The Morgan fingerprint density at radius 1 is 1.00 bits per heavy atom. The van der Waals surface area contributed by atoms with Crippen molar-refractivity contribution in [3.8, 4) is 11.5 Å². The lowest BCUT2D eigenvalue weighted by atomic mass is 9.99. The number of unbranched alkanes of at least 4 members (excludes halogenated alkanes) is 2. The van der Waals surface area contributed by atoms with Gasteiger partial charge in [-0.3, -0.25) is 14.2 Å². The average molecular weight is 487 g/mol. The monoisotopic (exact) mass is 486 g/mol. The van der Waals surface area contributed by atoms with Crippen LogP contribution < -0.4 is 15.0 Å². The molecule has 0 radical (unpaired) electrons. The van der Waals surface area contributed by atoms with E-state index in [4.69, 9.17) is 21.7 Å². The first-order valence-electron chi connectivity index (χ1n) is 12.7. The normalized spacial score (nSPS) is 19.1. The molecule has 1 aromatic carbocycles. The number of fused-ring (bicyclic) bond motifs is 2. The van der Waals surface area contributed by atoms with Crippen molar-refractivity contribution in [2.24, 2.45) is 0 Å². The molecule has 0 unspecified atom stereocenters.